The van der Waals surface area contributed by atoms with Gasteiger partial charge in [-0.05, 0) is 35.7 Å². The summed E-state index contributed by atoms with van der Waals surface area (Å²) < 4.78 is 13.2. The van der Waals surface area contributed by atoms with Gasteiger partial charge in [-0.15, -0.1) is 0 Å². The second-order valence-electron chi connectivity index (χ2n) is 7.47. The number of hydrogen-bond donors (Lipinski definition) is 1. The number of rotatable bonds is 6. The van der Waals surface area contributed by atoms with Crippen molar-refractivity contribution in [3.05, 3.63) is 64.9 Å². The van der Waals surface area contributed by atoms with Gasteiger partial charge >= 0.3 is 0 Å². The minimum Gasteiger partial charge on any atom is -0.367 e. The summed E-state index contributed by atoms with van der Waals surface area (Å²) in [6.45, 7) is 7.33. The molecule has 1 heterocycles. The lowest BCUT2D eigenvalue weighted by atomic mass is 9.96. The van der Waals surface area contributed by atoms with Crippen molar-refractivity contribution in [3.63, 3.8) is 0 Å². The van der Waals surface area contributed by atoms with Gasteiger partial charge in [-0.2, -0.15) is 0 Å². The van der Waals surface area contributed by atoms with E-state index in [2.05, 4.69) is 24.1 Å². The predicted octanol–water partition coefficient (Wildman–Crippen LogP) is 4.11. The number of nitrogens with zero attached hydrogens (tertiary/aromatic N) is 2. The van der Waals surface area contributed by atoms with Crippen molar-refractivity contribution in [2.75, 3.05) is 37.6 Å². The fraction of sp³-hybridized carbons (Fsp3) is 0.409. The molecule has 1 atom stereocenters. The fourth-order valence-corrected chi connectivity index (χ4v) is 3.88. The summed E-state index contributed by atoms with van der Waals surface area (Å²) in [5.74, 6) is 0.126. The van der Waals surface area contributed by atoms with Crippen molar-refractivity contribution in [1.29, 1.82) is 0 Å². The minimum absolute atomic E-state index is 0.00830. The topological polar surface area (TPSA) is 35.6 Å². The number of carbonyl (C=O) groups is 1. The molecule has 0 radical (unpaired) electrons. The van der Waals surface area contributed by atoms with Crippen molar-refractivity contribution in [3.8, 4) is 0 Å². The monoisotopic (exact) mass is 403 g/mol. The SMILES string of the molecule is CC(C)[C@@H](NCC(=O)N1CCN(c2ccccc2Cl)CC1)c1ccc(F)cc1. The Morgan fingerprint density at radius 1 is 1.07 bits per heavy atom. The number of para-hydroxylation sites is 1. The number of carbonyl (C=O) groups excluding carboxylic acids is 1. The Morgan fingerprint density at radius 3 is 2.32 bits per heavy atom. The Balaban J connectivity index is 1.53. The molecule has 4 nitrogen and oxygen atoms in total. The van der Waals surface area contributed by atoms with Crippen LogP contribution in [-0.2, 0) is 4.79 Å². The van der Waals surface area contributed by atoms with E-state index in [0.29, 0.717) is 13.1 Å². The standard InChI is InChI=1S/C22H27ClFN3O/c1-16(2)22(17-7-9-18(24)10-8-17)25-15-21(28)27-13-11-26(12-14-27)20-6-4-3-5-19(20)23/h3-10,16,22,25H,11-15H2,1-2H3/t22-/m1/s1. The minimum atomic E-state index is -0.251. The number of piperazine rings is 1. The van der Waals surface area contributed by atoms with E-state index in [1.165, 1.54) is 12.1 Å². The lowest BCUT2D eigenvalue weighted by Crippen LogP contribution is -2.51. The first-order valence-corrected chi connectivity index (χ1v) is 10.1. The maximum atomic E-state index is 13.2. The van der Waals surface area contributed by atoms with Gasteiger partial charge in [-0.1, -0.05) is 49.7 Å². The molecule has 0 saturated carbocycles. The fourth-order valence-electron chi connectivity index (χ4n) is 3.62. The summed E-state index contributed by atoms with van der Waals surface area (Å²) in [7, 11) is 0. The summed E-state index contributed by atoms with van der Waals surface area (Å²) in [5.41, 5.74) is 2.01. The summed E-state index contributed by atoms with van der Waals surface area (Å²) >= 11 is 6.28. The summed E-state index contributed by atoms with van der Waals surface area (Å²) in [6, 6.07) is 14.3. The van der Waals surface area contributed by atoms with E-state index in [-0.39, 0.29) is 30.2 Å². The molecule has 6 heteroatoms. The molecule has 1 aliphatic rings. The Morgan fingerprint density at radius 2 is 1.71 bits per heavy atom. The van der Waals surface area contributed by atoms with E-state index >= 15 is 0 Å². The van der Waals surface area contributed by atoms with Crippen LogP contribution in [0.2, 0.25) is 5.02 Å². The molecule has 1 saturated heterocycles. The first kappa shape index (κ1) is 20.6. The van der Waals surface area contributed by atoms with E-state index in [1.807, 2.05) is 29.2 Å². The third-order valence-corrected chi connectivity index (χ3v) is 5.51. The van der Waals surface area contributed by atoms with E-state index in [1.54, 1.807) is 12.1 Å². The number of halogens is 2. The van der Waals surface area contributed by atoms with Crippen LogP contribution >= 0.6 is 11.6 Å². The molecule has 1 amide bonds. The van der Waals surface area contributed by atoms with Gasteiger partial charge in [0, 0.05) is 32.2 Å². The third kappa shape index (κ3) is 5.03. The van der Waals surface area contributed by atoms with Crippen molar-refractivity contribution >= 4 is 23.2 Å². The smallest absolute Gasteiger partial charge is 0.236 e. The Hall–Kier alpha value is -2.11. The van der Waals surface area contributed by atoms with E-state index < -0.39 is 0 Å². The second-order valence-corrected chi connectivity index (χ2v) is 7.88. The highest BCUT2D eigenvalue weighted by Gasteiger charge is 2.23. The highest BCUT2D eigenvalue weighted by atomic mass is 35.5. The maximum absolute atomic E-state index is 13.2. The molecule has 0 unspecified atom stereocenters. The Bertz CT molecular complexity index is 789. The number of benzene rings is 2. The van der Waals surface area contributed by atoms with Crippen LogP contribution in [0.4, 0.5) is 10.1 Å². The predicted molar refractivity (Wildman–Crippen MR) is 112 cm³/mol. The molecule has 3 rings (SSSR count). The van der Waals surface area contributed by atoms with E-state index in [0.717, 1.165) is 29.4 Å². The van der Waals surface area contributed by atoms with Crippen LogP contribution in [0.25, 0.3) is 0 Å². The van der Waals surface area contributed by atoms with Gasteiger partial charge in [-0.3, -0.25) is 4.79 Å². The van der Waals surface area contributed by atoms with Crippen molar-refractivity contribution in [1.82, 2.24) is 10.2 Å². The van der Waals surface area contributed by atoms with E-state index in [4.69, 9.17) is 11.6 Å². The number of amides is 1. The maximum Gasteiger partial charge on any atom is 0.236 e. The Labute approximate surface area is 171 Å². The quantitative estimate of drug-likeness (QED) is 0.788. The van der Waals surface area contributed by atoms with Crippen molar-refractivity contribution < 1.29 is 9.18 Å². The summed E-state index contributed by atoms with van der Waals surface area (Å²) in [6.07, 6.45) is 0. The van der Waals surface area contributed by atoms with Crippen molar-refractivity contribution in [2.45, 2.75) is 19.9 Å². The van der Waals surface area contributed by atoms with Crippen LogP contribution in [0.15, 0.2) is 48.5 Å². The second kappa shape index (κ2) is 9.39. The molecule has 28 heavy (non-hydrogen) atoms. The van der Waals surface area contributed by atoms with Gasteiger partial charge < -0.3 is 15.1 Å². The van der Waals surface area contributed by atoms with Gasteiger partial charge in [-0.25, -0.2) is 4.39 Å². The van der Waals surface area contributed by atoms with Gasteiger partial charge in [0.1, 0.15) is 5.82 Å². The van der Waals surface area contributed by atoms with E-state index in [9.17, 15) is 9.18 Å². The zero-order chi connectivity index (χ0) is 20.1. The van der Waals surface area contributed by atoms with Gasteiger partial charge in [0.05, 0.1) is 17.3 Å². The highest BCUT2D eigenvalue weighted by molar-refractivity contribution is 6.33. The molecular weight excluding hydrogens is 377 g/mol. The molecule has 0 bridgehead atoms. The molecule has 1 N–H and O–H groups in total. The average Bonchev–Trinajstić information content (AvgIpc) is 2.69. The molecule has 150 valence electrons. The zero-order valence-corrected chi connectivity index (χ0v) is 17.1. The lowest BCUT2D eigenvalue weighted by molar-refractivity contribution is -0.130. The zero-order valence-electron chi connectivity index (χ0n) is 16.4. The number of nitrogens with one attached hydrogen (secondary N) is 1. The van der Waals surface area contributed by atoms with Crippen LogP contribution in [0.1, 0.15) is 25.5 Å². The molecule has 1 aliphatic heterocycles. The third-order valence-electron chi connectivity index (χ3n) is 5.19. The summed E-state index contributed by atoms with van der Waals surface area (Å²) in [4.78, 5) is 16.8. The molecule has 0 aromatic heterocycles. The average molecular weight is 404 g/mol. The molecule has 2 aromatic rings. The molecule has 0 aliphatic carbocycles. The molecule has 2 aromatic carbocycles. The van der Waals surface area contributed by atoms with Crippen molar-refractivity contribution in [2.24, 2.45) is 5.92 Å². The largest absolute Gasteiger partial charge is 0.367 e. The first-order chi connectivity index (χ1) is 13.5. The van der Waals surface area contributed by atoms with Crippen LogP contribution in [0, 0.1) is 11.7 Å². The highest BCUT2D eigenvalue weighted by Crippen LogP contribution is 2.26. The molecule has 1 fully saturated rings. The normalized spacial score (nSPS) is 15.8. The lowest BCUT2D eigenvalue weighted by Gasteiger charge is -2.37. The van der Waals surface area contributed by atoms with Crippen LogP contribution in [0.3, 0.4) is 0 Å². The van der Waals surface area contributed by atoms with Crippen LogP contribution in [-0.4, -0.2) is 43.5 Å². The van der Waals surface area contributed by atoms with Crippen LogP contribution in [0.5, 0.6) is 0 Å². The Kier molecular flexibility index (Phi) is 6.92. The number of anilines is 1. The van der Waals surface area contributed by atoms with Gasteiger partial charge in [0.25, 0.3) is 0 Å². The molecular formula is C22H27ClFN3O. The number of hydrogen-bond acceptors (Lipinski definition) is 3. The first-order valence-electron chi connectivity index (χ1n) is 9.72. The van der Waals surface area contributed by atoms with Crippen LogP contribution < -0.4 is 10.2 Å². The van der Waals surface area contributed by atoms with Gasteiger partial charge in [0.15, 0.2) is 0 Å². The van der Waals surface area contributed by atoms with Gasteiger partial charge in [0.2, 0.25) is 5.91 Å². The molecule has 0 spiro atoms. The summed E-state index contributed by atoms with van der Waals surface area (Å²) in [5, 5.41) is 4.09.